The molecule has 2 heteroatoms. The first-order valence-electron chi connectivity index (χ1n) is 5.43. The average molecular weight is 201 g/mol. The smallest absolute Gasteiger partial charge is 0.0528 e. The van der Waals surface area contributed by atoms with E-state index in [1.807, 2.05) is 11.8 Å². The van der Waals surface area contributed by atoms with Crippen molar-refractivity contribution >= 4 is 11.8 Å². The quantitative estimate of drug-likeness (QED) is 0.687. The predicted octanol–water partition coefficient (Wildman–Crippen LogP) is 3.21. The number of hydrogen-bond acceptors (Lipinski definition) is 2. The first-order valence-corrected chi connectivity index (χ1v) is 6.72. The normalized spacial score (nSPS) is 27.0. The van der Waals surface area contributed by atoms with Gasteiger partial charge >= 0.3 is 0 Å². The summed E-state index contributed by atoms with van der Waals surface area (Å²) in [5.41, 5.74) is 0. The van der Waals surface area contributed by atoms with Gasteiger partial charge in [0.1, 0.15) is 0 Å². The topological polar surface area (TPSA) is 3.24 Å². The first-order chi connectivity index (χ1) is 6.15. The Balaban J connectivity index is 2.43. The van der Waals surface area contributed by atoms with E-state index in [9.17, 15) is 0 Å². The molecule has 0 radical (unpaired) electrons. The minimum absolute atomic E-state index is 0.714. The van der Waals surface area contributed by atoms with Gasteiger partial charge in [0.25, 0.3) is 0 Å². The van der Waals surface area contributed by atoms with Crippen molar-refractivity contribution in [3.63, 3.8) is 0 Å². The van der Waals surface area contributed by atoms with Gasteiger partial charge in [-0.05, 0) is 44.9 Å². The summed E-state index contributed by atoms with van der Waals surface area (Å²) in [7, 11) is 0. The van der Waals surface area contributed by atoms with E-state index >= 15 is 0 Å². The van der Waals surface area contributed by atoms with Crippen molar-refractivity contribution in [1.82, 2.24) is 4.90 Å². The van der Waals surface area contributed by atoms with Gasteiger partial charge in [-0.3, -0.25) is 4.90 Å². The van der Waals surface area contributed by atoms with Gasteiger partial charge in [0.15, 0.2) is 0 Å². The second-order valence-electron chi connectivity index (χ2n) is 4.50. The van der Waals surface area contributed by atoms with Crippen LogP contribution >= 0.6 is 11.8 Å². The van der Waals surface area contributed by atoms with Gasteiger partial charge in [-0.25, -0.2) is 0 Å². The maximum atomic E-state index is 2.69. The molecule has 1 nitrogen and oxygen atoms in total. The van der Waals surface area contributed by atoms with Crippen molar-refractivity contribution in [3.8, 4) is 0 Å². The Morgan fingerprint density at radius 1 is 1.38 bits per heavy atom. The van der Waals surface area contributed by atoms with E-state index in [2.05, 4.69) is 31.9 Å². The number of likely N-dealkylation sites (tertiary alicyclic amines) is 1. The minimum atomic E-state index is 0.714. The number of hydrogen-bond donors (Lipinski definition) is 0. The molecule has 1 fully saturated rings. The molecule has 1 rings (SSSR count). The molecular formula is C11H23NS. The molecule has 2 atom stereocenters. The molecule has 0 spiro atoms. The van der Waals surface area contributed by atoms with Crippen LogP contribution in [0.15, 0.2) is 0 Å². The Bertz CT molecular complexity index is 147. The highest BCUT2D eigenvalue weighted by molar-refractivity contribution is 7.99. The number of rotatable bonds is 4. The molecule has 1 aliphatic heterocycles. The Hall–Kier alpha value is 0.310. The monoisotopic (exact) mass is 201 g/mol. The summed E-state index contributed by atoms with van der Waals surface area (Å²) in [6.45, 7) is 8.32. The third-order valence-corrected chi connectivity index (χ3v) is 3.93. The average Bonchev–Trinajstić information content (AvgIpc) is 2.50. The summed E-state index contributed by atoms with van der Waals surface area (Å²) < 4.78 is 0. The van der Waals surface area contributed by atoms with E-state index in [0.717, 1.165) is 12.0 Å². The lowest BCUT2D eigenvalue weighted by molar-refractivity contribution is 0.220. The van der Waals surface area contributed by atoms with Crippen LogP contribution in [0.2, 0.25) is 0 Å². The van der Waals surface area contributed by atoms with Crippen LogP contribution in [-0.2, 0) is 0 Å². The van der Waals surface area contributed by atoms with Crippen molar-refractivity contribution in [1.29, 1.82) is 0 Å². The van der Waals surface area contributed by atoms with Crippen LogP contribution in [0, 0.1) is 5.92 Å². The largest absolute Gasteiger partial charge is 0.289 e. The highest BCUT2D eigenvalue weighted by Crippen LogP contribution is 2.28. The van der Waals surface area contributed by atoms with Crippen LogP contribution < -0.4 is 0 Å². The summed E-state index contributed by atoms with van der Waals surface area (Å²) in [6.07, 6.45) is 6.42. The third kappa shape index (κ3) is 3.17. The van der Waals surface area contributed by atoms with Gasteiger partial charge in [-0.15, -0.1) is 11.8 Å². The first kappa shape index (κ1) is 11.4. The van der Waals surface area contributed by atoms with Crippen molar-refractivity contribution < 1.29 is 0 Å². The minimum Gasteiger partial charge on any atom is -0.289 e. The Labute approximate surface area is 87.3 Å². The van der Waals surface area contributed by atoms with Gasteiger partial charge in [0, 0.05) is 6.04 Å². The van der Waals surface area contributed by atoms with Gasteiger partial charge in [0.05, 0.1) is 5.37 Å². The summed E-state index contributed by atoms with van der Waals surface area (Å²) in [5, 5.41) is 0.714. The zero-order valence-corrected chi connectivity index (χ0v) is 10.2. The predicted molar refractivity (Wildman–Crippen MR) is 62.2 cm³/mol. The molecule has 0 aromatic heterocycles. The van der Waals surface area contributed by atoms with Crippen LogP contribution in [0.3, 0.4) is 0 Å². The van der Waals surface area contributed by atoms with E-state index in [1.165, 1.54) is 25.8 Å². The fraction of sp³-hybridized carbons (Fsp3) is 1.00. The standard InChI is InChI=1S/C11H23NS/c1-9(2)8-11-6-5-7-12(11)10(3)13-4/h9-11H,5-8H2,1-4H3. The highest BCUT2D eigenvalue weighted by Gasteiger charge is 2.28. The highest BCUT2D eigenvalue weighted by atomic mass is 32.2. The van der Waals surface area contributed by atoms with E-state index in [1.54, 1.807) is 0 Å². The Morgan fingerprint density at radius 3 is 2.62 bits per heavy atom. The van der Waals surface area contributed by atoms with Crippen LogP contribution in [-0.4, -0.2) is 29.1 Å². The maximum Gasteiger partial charge on any atom is 0.0528 e. The molecule has 78 valence electrons. The van der Waals surface area contributed by atoms with Crippen LogP contribution in [0.25, 0.3) is 0 Å². The molecular weight excluding hydrogens is 178 g/mol. The zero-order valence-electron chi connectivity index (χ0n) is 9.42. The molecule has 0 amide bonds. The van der Waals surface area contributed by atoms with E-state index < -0.39 is 0 Å². The van der Waals surface area contributed by atoms with Gasteiger partial charge in [-0.1, -0.05) is 13.8 Å². The van der Waals surface area contributed by atoms with Crippen molar-refractivity contribution in [3.05, 3.63) is 0 Å². The lowest BCUT2D eigenvalue weighted by Gasteiger charge is -2.30. The molecule has 2 unspecified atom stereocenters. The van der Waals surface area contributed by atoms with Crippen molar-refractivity contribution in [2.75, 3.05) is 12.8 Å². The third-order valence-electron chi connectivity index (χ3n) is 2.97. The Morgan fingerprint density at radius 2 is 2.08 bits per heavy atom. The molecule has 1 saturated heterocycles. The fourth-order valence-corrected chi connectivity index (χ4v) is 2.82. The van der Waals surface area contributed by atoms with Gasteiger partial charge in [0.2, 0.25) is 0 Å². The lowest BCUT2D eigenvalue weighted by atomic mass is 10.0. The number of thioether (sulfide) groups is 1. The van der Waals surface area contributed by atoms with Crippen LogP contribution in [0.4, 0.5) is 0 Å². The molecule has 0 bridgehead atoms. The van der Waals surface area contributed by atoms with Gasteiger partial charge < -0.3 is 0 Å². The second-order valence-corrected chi connectivity index (χ2v) is 5.65. The summed E-state index contributed by atoms with van der Waals surface area (Å²) in [5.74, 6) is 0.847. The summed E-state index contributed by atoms with van der Waals surface area (Å²) >= 11 is 1.98. The molecule has 1 aliphatic rings. The van der Waals surface area contributed by atoms with Gasteiger partial charge in [-0.2, -0.15) is 0 Å². The van der Waals surface area contributed by atoms with E-state index in [0.29, 0.717) is 5.37 Å². The second kappa shape index (κ2) is 5.26. The van der Waals surface area contributed by atoms with Crippen molar-refractivity contribution in [2.24, 2.45) is 5.92 Å². The number of nitrogens with zero attached hydrogens (tertiary/aromatic N) is 1. The molecule has 0 N–H and O–H groups in total. The molecule has 0 saturated carbocycles. The summed E-state index contributed by atoms with van der Waals surface area (Å²) in [4.78, 5) is 2.69. The van der Waals surface area contributed by atoms with E-state index in [4.69, 9.17) is 0 Å². The Kier molecular flexibility index (Phi) is 4.60. The molecule has 0 aliphatic carbocycles. The van der Waals surface area contributed by atoms with Crippen LogP contribution in [0.5, 0.6) is 0 Å². The summed E-state index contributed by atoms with van der Waals surface area (Å²) in [6, 6.07) is 0.863. The fourth-order valence-electron chi connectivity index (χ4n) is 2.27. The zero-order chi connectivity index (χ0) is 9.84. The SMILES string of the molecule is CSC(C)N1CCCC1CC(C)C. The van der Waals surface area contributed by atoms with Crippen LogP contribution in [0.1, 0.15) is 40.0 Å². The molecule has 1 heterocycles. The molecule has 13 heavy (non-hydrogen) atoms. The van der Waals surface area contributed by atoms with E-state index in [-0.39, 0.29) is 0 Å². The molecule has 0 aromatic rings. The molecule has 0 aromatic carbocycles. The maximum absolute atomic E-state index is 2.69. The lowest BCUT2D eigenvalue weighted by Crippen LogP contribution is -2.36. The van der Waals surface area contributed by atoms with Crippen molar-refractivity contribution in [2.45, 2.75) is 51.4 Å².